The number of likely N-dealkylation sites (N-methyl/N-ethyl adjacent to an activating group) is 1. The largest absolute Gasteiger partial charge is 0.441 e. The van der Waals surface area contributed by atoms with Gasteiger partial charge in [-0.15, -0.1) is 0 Å². The lowest BCUT2D eigenvalue weighted by Gasteiger charge is -2.45. The Morgan fingerprint density at radius 1 is 0.732 bits per heavy atom. The fourth-order valence-corrected chi connectivity index (χ4v) is 6.42. The van der Waals surface area contributed by atoms with E-state index in [-0.39, 0.29) is 11.4 Å². The lowest BCUT2D eigenvalue weighted by atomic mass is 9.61. The molecule has 0 amide bonds. The average molecular weight is 539 g/mol. The van der Waals surface area contributed by atoms with E-state index in [1.165, 1.54) is 0 Å². The number of nitrogens with zero attached hydrogens (tertiary/aromatic N) is 2. The number of carbonyl (C=O) groups excluding carboxylic acids is 1. The van der Waals surface area contributed by atoms with Crippen molar-refractivity contribution in [1.29, 1.82) is 0 Å². The Labute approximate surface area is 242 Å². The number of esters is 1. The molecule has 0 radical (unpaired) electrons. The van der Waals surface area contributed by atoms with Gasteiger partial charge in [0.15, 0.2) is 5.60 Å². The summed E-state index contributed by atoms with van der Waals surface area (Å²) in [6.07, 6.45) is 5.53. The number of fused-ring (bicyclic) bond motifs is 6. The Hall–Kier alpha value is -4.83. The van der Waals surface area contributed by atoms with Crippen molar-refractivity contribution in [2.75, 3.05) is 23.9 Å². The molecule has 1 heterocycles. The van der Waals surface area contributed by atoms with Crippen LogP contribution in [0.5, 0.6) is 0 Å². The van der Waals surface area contributed by atoms with Crippen molar-refractivity contribution in [3.05, 3.63) is 161 Å². The van der Waals surface area contributed by atoms with Crippen LogP contribution in [0.3, 0.4) is 0 Å². The van der Waals surface area contributed by atoms with Crippen molar-refractivity contribution in [2.45, 2.75) is 24.9 Å². The molecule has 4 aromatic rings. The Morgan fingerprint density at radius 2 is 1.34 bits per heavy atom. The molecule has 0 aromatic heterocycles. The molecule has 0 bridgehead atoms. The Kier molecular flexibility index (Phi) is 6.22. The highest BCUT2D eigenvalue weighted by atomic mass is 16.6. The number of benzene rings is 4. The summed E-state index contributed by atoms with van der Waals surface area (Å²) in [6, 6.07) is 31.1. The molecule has 1 spiro atoms. The fraction of sp³-hybridized carbons (Fsp3) is 0.162. The van der Waals surface area contributed by atoms with Crippen LogP contribution in [0.15, 0.2) is 128 Å². The van der Waals surface area contributed by atoms with E-state index in [1.807, 2.05) is 61.7 Å². The number of ether oxygens (including phenoxy) is 1. The molecule has 4 heteroatoms. The lowest BCUT2D eigenvalue weighted by molar-refractivity contribution is 0.0231. The third kappa shape index (κ3) is 3.86. The fourth-order valence-electron chi connectivity index (χ4n) is 6.42. The molecular formula is C37H34N2O2. The van der Waals surface area contributed by atoms with Gasteiger partial charge < -0.3 is 14.5 Å². The number of rotatable bonds is 6. The van der Waals surface area contributed by atoms with Crippen LogP contribution in [0.2, 0.25) is 0 Å². The summed E-state index contributed by atoms with van der Waals surface area (Å²) in [6.45, 7) is 12.4. The second-order valence-electron chi connectivity index (χ2n) is 11.2. The predicted octanol–water partition coefficient (Wildman–Crippen LogP) is 8.25. The van der Waals surface area contributed by atoms with Gasteiger partial charge in [-0.3, -0.25) is 0 Å². The quantitative estimate of drug-likeness (QED) is 0.183. The second kappa shape index (κ2) is 9.67. The van der Waals surface area contributed by atoms with Gasteiger partial charge in [-0.25, -0.2) is 4.79 Å². The number of allylic oxidation sites excluding steroid dienone is 3. The van der Waals surface area contributed by atoms with E-state index in [0.29, 0.717) is 5.56 Å². The van der Waals surface area contributed by atoms with Crippen LogP contribution in [0, 0.1) is 0 Å². The molecule has 4 aromatic carbocycles. The summed E-state index contributed by atoms with van der Waals surface area (Å²) in [4.78, 5) is 17.7. The molecule has 1 aliphatic carbocycles. The Morgan fingerprint density at radius 3 is 2.00 bits per heavy atom. The van der Waals surface area contributed by atoms with Crippen molar-refractivity contribution < 1.29 is 9.53 Å². The summed E-state index contributed by atoms with van der Waals surface area (Å²) in [5.74, 6) is -0.299. The number of hydrogen-bond acceptors (Lipinski definition) is 4. The van der Waals surface area contributed by atoms with Gasteiger partial charge in [0.1, 0.15) is 0 Å². The molecule has 2 aliphatic rings. The third-order valence-electron chi connectivity index (χ3n) is 8.69. The lowest BCUT2D eigenvalue weighted by Crippen LogP contribution is -2.41. The molecule has 4 nitrogen and oxygen atoms in total. The van der Waals surface area contributed by atoms with Gasteiger partial charge in [0.25, 0.3) is 0 Å². The molecule has 1 unspecified atom stereocenters. The number of hydrogen-bond donors (Lipinski definition) is 0. The van der Waals surface area contributed by atoms with E-state index in [4.69, 9.17) is 4.74 Å². The van der Waals surface area contributed by atoms with Crippen LogP contribution in [0.25, 0.3) is 0 Å². The van der Waals surface area contributed by atoms with Gasteiger partial charge in [-0.2, -0.15) is 0 Å². The first kappa shape index (κ1) is 26.4. The first-order valence-corrected chi connectivity index (χ1v) is 13.8. The van der Waals surface area contributed by atoms with Crippen molar-refractivity contribution in [2.24, 2.45) is 0 Å². The first-order chi connectivity index (χ1) is 19.7. The van der Waals surface area contributed by atoms with E-state index in [0.717, 1.165) is 50.6 Å². The van der Waals surface area contributed by atoms with E-state index in [1.54, 1.807) is 6.08 Å². The van der Waals surface area contributed by atoms with Crippen LogP contribution in [0.1, 0.15) is 52.0 Å². The average Bonchev–Trinajstić information content (AvgIpc) is 3.31. The molecule has 1 atom stereocenters. The molecular weight excluding hydrogens is 504 g/mol. The zero-order valence-corrected chi connectivity index (χ0v) is 24.0. The number of para-hydroxylation sites is 1. The minimum atomic E-state index is -1.03. The minimum Gasteiger partial charge on any atom is -0.441 e. The highest BCUT2D eigenvalue weighted by Crippen LogP contribution is 2.57. The Bertz CT molecular complexity index is 1730. The summed E-state index contributed by atoms with van der Waals surface area (Å²) in [5, 5.41) is 0. The molecule has 1 aliphatic heterocycles. The van der Waals surface area contributed by atoms with Gasteiger partial charge in [0, 0.05) is 59.0 Å². The summed E-state index contributed by atoms with van der Waals surface area (Å²) >= 11 is 0. The predicted molar refractivity (Wildman–Crippen MR) is 168 cm³/mol. The number of anilines is 3. The van der Waals surface area contributed by atoms with E-state index < -0.39 is 5.60 Å². The van der Waals surface area contributed by atoms with E-state index in [9.17, 15) is 4.79 Å². The highest BCUT2D eigenvalue weighted by Gasteiger charge is 2.55. The zero-order chi connectivity index (χ0) is 28.9. The minimum absolute atomic E-state index is 0.299. The zero-order valence-electron chi connectivity index (χ0n) is 24.0. The van der Waals surface area contributed by atoms with Gasteiger partial charge in [0.05, 0.1) is 5.56 Å². The molecule has 0 N–H and O–H groups in total. The van der Waals surface area contributed by atoms with Crippen molar-refractivity contribution in [1.82, 2.24) is 0 Å². The van der Waals surface area contributed by atoms with E-state index >= 15 is 0 Å². The topological polar surface area (TPSA) is 32.8 Å². The molecule has 6 rings (SSSR count). The smallest absolute Gasteiger partial charge is 0.340 e. The van der Waals surface area contributed by atoms with Crippen LogP contribution in [0.4, 0.5) is 17.1 Å². The highest BCUT2D eigenvalue weighted by molar-refractivity contribution is 5.97. The second-order valence-corrected chi connectivity index (χ2v) is 11.2. The van der Waals surface area contributed by atoms with Gasteiger partial charge in [-0.1, -0.05) is 81.6 Å². The molecule has 0 fully saturated rings. The molecule has 0 saturated heterocycles. The monoisotopic (exact) mass is 538 g/mol. The Balaban J connectivity index is 1.62. The van der Waals surface area contributed by atoms with Crippen molar-refractivity contribution in [3.8, 4) is 0 Å². The van der Waals surface area contributed by atoms with E-state index in [2.05, 4.69) is 92.4 Å². The van der Waals surface area contributed by atoms with Crippen LogP contribution in [-0.4, -0.2) is 20.1 Å². The summed E-state index contributed by atoms with van der Waals surface area (Å²) in [7, 11) is 4.10. The van der Waals surface area contributed by atoms with Gasteiger partial charge >= 0.3 is 5.97 Å². The number of carbonyl (C=O) groups is 1. The normalized spacial score (nSPS) is 18.1. The first-order valence-electron chi connectivity index (χ1n) is 13.8. The maximum atomic E-state index is 13.4. The molecule has 41 heavy (non-hydrogen) atoms. The SMILES string of the molecule is C=C/C=C(\C=C)N(C)c1ccc2c(c1)C(C)(C)c1cc(N(C)c3ccccc3)ccc1C21OC(=O)c2ccccc21. The molecule has 204 valence electrons. The van der Waals surface area contributed by atoms with Gasteiger partial charge in [-0.05, 0) is 65.7 Å². The third-order valence-corrected chi connectivity index (χ3v) is 8.69. The van der Waals surface area contributed by atoms with Crippen LogP contribution < -0.4 is 9.80 Å². The van der Waals surface area contributed by atoms with Crippen molar-refractivity contribution >= 4 is 23.0 Å². The van der Waals surface area contributed by atoms with Crippen LogP contribution >= 0.6 is 0 Å². The summed E-state index contributed by atoms with van der Waals surface area (Å²) in [5.41, 5.74) is 8.41. The van der Waals surface area contributed by atoms with Crippen LogP contribution in [-0.2, 0) is 15.8 Å². The molecule has 0 saturated carbocycles. The standard InChI is InChI=1S/C37H34N2O2/c1-7-14-25(8-2)38(5)27-19-21-31-33(23-27)36(3,4)34-24-28(39(6)26-15-10-9-11-16-26)20-22-32(34)37(31)30-18-13-12-17-29(30)35(40)41-37/h7-24H,1-2H2,3-6H3/b25-14+. The maximum Gasteiger partial charge on any atom is 0.340 e. The summed E-state index contributed by atoms with van der Waals surface area (Å²) < 4.78 is 6.49. The van der Waals surface area contributed by atoms with Crippen molar-refractivity contribution in [3.63, 3.8) is 0 Å². The maximum absolute atomic E-state index is 13.4. The van der Waals surface area contributed by atoms with Gasteiger partial charge in [0.2, 0.25) is 0 Å².